The van der Waals surface area contributed by atoms with Gasteiger partial charge in [0, 0.05) is 51.0 Å². The van der Waals surface area contributed by atoms with E-state index in [1.807, 2.05) is 29.2 Å². The monoisotopic (exact) mass is 431 g/mol. The molecule has 8 heteroatoms. The summed E-state index contributed by atoms with van der Waals surface area (Å²) in [7, 11) is 0. The number of urea groups is 1. The number of amides is 2. The molecular formula is C23H37N5O3. The number of benzene rings is 1. The maximum atomic E-state index is 12.3. The zero-order chi connectivity index (χ0) is 21.7. The van der Waals surface area contributed by atoms with Crippen LogP contribution in [0.15, 0.2) is 29.3 Å². The first-order valence-electron chi connectivity index (χ1n) is 11.6. The number of ether oxygens (including phenoxy) is 2. The molecule has 0 bridgehead atoms. The zero-order valence-corrected chi connectivity index (χ0v) is 18.7. The summed E-state index contributed by atoms with van der Waals surface area (Å²) in [5.74, 6) is 1.35. The van der Waals surface area contributed by atoms with Crippen LogP contribution < -0.4 is 16.0 Å². The third kappa shape index (κ3) is 8.38. The Bertz CT molecular complexity index is 700. The summed E-state index contributed by atoms with van der Waals surface area (Å²) in [5.41, 5.74) is 1.87. The fourth-order valence-corrected chi connectivity index (χ4v) is 3.73. The van der Waals surface area contributed by atoms with Crippen LogP contribution in [-0.4, -0.2) is 69.5 Å². The normalized spacial score (nSPS) is 18.9. The molecule has 8 nitrogen and oxygen atoms in total. The Balaban J connectivity index is 1.39. The summed E-state index contributed by atoms with van der Waals surface area (Å²) < 4.78 is 11.1. The maximum Gasteiger partial charge on any atom is 0.321 e. The van der Waals surface area contributed by atoms with E-state index in [0.29, 0.717) is 12.5 Å². The molecule has 0 aliphatic carbocycles. The highest BCUT2D eigenvalue weighted by molar-refractivity contribution is 5.89. The predicted octanol–water partition coefficient (Wildman–Crippen LogP) is 2.81. The van der Waals surface area contributed by atoms with Gasteiger partial charge in [0.2, 0.25) is 0 Å². The Morgan fingerprint density at radius 3 is 2.94 bits per heavy atom. The maximum absolute atomic E-state index is 12.3. The summed E-state index contributed by atoms with van der Waals surface area (Å²) in [6.45, 7) is 9.11. The lowest BCUT2D eigenvalue weighted by molar-refractivity contribution is 0.0888. The van der Waals surface area contributed by atoms with Gasteiger partial charge in [-0.15, -0.1) is 0 Å². The molecule has 0 radical (unpaired) electrons. The number of carbonyl (C=O) groups is 1. The quantitative estimate of drug-likeness (QED) is 0.301. The number of hydrogen-bond acceptors (Lipinski definition) is 4. The third-order valence-corrected chi connectivity index (χ3v) is 5.47. The molecule has 0 spiro atoms. The van der Waals surface area contributed by atoms with Gasteiger partial charge in [0.15, 0.2) is 5.96 Å². The molecular weight excluding hydrogens is 394 g/mol. The molecule has 1 unspecified atom stereocenters. The van der Waals surface area contributed by atoms with Crippen LogP contribution in [0.5, 0.6) is 0 Å². The van der Waals surface area contributed by atoms with Crippen LogP contribution in [-0.2, 0) is 16.0 Å². The van der Waals surface area contributed by atoms with Crippen molar-refractivity contribution in [3.8, 4) is 0 Å². The Labute approximate surface area is 185 Å². The fraction of sp³-hybridized carbons (Fsp3) is 0.652. The largest absolute Gasteiger partial charge is 0.381 e. The van der Waals surface area contributed by atoms with E-state index in [0.717, 1.165) is 95.5 Å². The Kier molecular flexibility index (Phi) is 9.92. The molecule has 0 aromatic heterocycles. The molecule has 1 aromatic carbocycles. The van der Waals surface area contributed by atoms with Crippen LogP contribution in [0.1, 0.15) is 38.2 Å². The summed E-state index contributed by atoms with van der Waals surface area (Å²) in [4.78, 5) is 18.8. The van der Waals surface area contributed by atoms with Gasteiger partial charge in [-0.3, -0.25) is 0 Å². The van der Waals surface area contributed by atoms with Gasteiger partial charge >= 0.3 is 6.03 Å². The molecule has 2 aliphatic heterocycles. The van der Waals surface area contributed by atoms with Crippen LogP contribution >= 0.6 is 0 Å². The van der Waals surface area contributed by atoms with Crippen LogP contribution in [0.25, 0.3) is 0 Å². The van der Waals surface area contributed by atoms with Gasteiger partial charge in [0.05, 0.1) is 19.8 Å². The Morgan fingerprint density at radius 2 is 2.16 bits per heavy atom. The molecule has 31 heavy (non-hydrogen) atoms. The van der Waals surface area contributed by atoms with Crippen molar-refractivity contribution < 1.29 is 14.3 Å². The van der Waals surface area contributed by atoms with Crippen molar-refractivity contribution in [3.05, 3.63) is 29.8 Å². The van der Waals surface area contributed by atoms with Gasteiger partial charge in [0.25, 0.3) is 0 Å². The number of anilines is 1. The van der Waals surface area contributed by atoms with Gasteiger partial charge in [-0.25, -0.2) is 9.79 Å². The lowest BCUT2D eigenvalue weighted by atomic mass is 10.1. The molecule has 0 saturated carbocycles. The van der Waals surface area contributed by atoms with Crippen molar-refractivity contribution in [2.24, 2.45) is 10.9 Å². The van der Waals surface area contributed by atoms with E-state index >= 15 is 0 Å². The molecule has 3 rings (SSSR count). The second kappa shape index (κ2) is 13.2. The Hall–Kier alpha value is -2.32. The van der Waals surface area contributed by atoms with Gasteiger partial charge in [-0.05, 0) is 50.3 Å². The first kappa shape index (κ1) is 23.3. The highest BCUT2D eigenvalue weighted by atomic mass is 16.5. The van der Waals surface area contributed by atoms with Crippen molar-refractivity contribution in [3.63, 3.8) is 0 Å². The number of nitrogens with zero attached hydrogens (tertiary/aromatic N) is 2. The van der Waals surface area contributed by atoms with Crippen molar-refractivity contribution >= 4 is 17.7 Å². The van der Waals surface area contributed by atoms with Gasteiger partial charge in [-0.1, -0.05) is 12.1 Å². The van der Waals surface area contributed by atoms with Gasteiger partial charge in [0.1, 0.15) is 0 Å². The van der Waals surface area contributed by atoms with Crippen molar-refractivity contribution in [2.45, 2.75) is 39.2 Å². The van der Waals surface area contributed by atoms with Crippen LogP contribution in [0.4, 0.5) is 10.5 Å². The SMILES string of the molecule is CCNC(=NCc1cccc(NC(=O)N2CCCC2)c1)NCCCOCC1CCOC1. The summed E-state index contributed by atoms with van der Waals surface area (Å²) in [6, 6.07) is 7.87. The molecule has 2 aliphatic rings. The predicted molar refractivity (Wildman–Crippen MR) is 123 cm³/mol. The van der Waals surface area contributed by atoms with Crippen molar-refractivity contribution in [1.82, 2.24) is 15.5 Å². The number of aliphatic imine (C=N–C) groups is 1. The lowest BCUT2D eigenvalue weighted by Crippen LogP contribution is -2.38. The van der Waals surface area contributed by atoms with Crippen LogP contribution in [0, 0.1) is 5.92 Å². The molecule has 2 heterocycles. The first-order valence-corrected chi connectivity index (χ1v) is 11.6. The highest BCUT2D eigenvalue weighted by Crippen LogP contribution is 2.15. The molecule has 3 N–H and O–H groups in total. The lowest BCUT2D eigenvalue weighted by Gasteiger charge is -2.16. The van der Waals surface area contributed by atoms with Crippen molar-refractivity contribution in [2.75, 3.05) is 57.9 Å². The first-order chi connectivity index (χ1) is 15.2. The smallest absolute Gasteiger partial charge is 0.321 e. The van der Waals surface area contributed by atoms with E-state index in [1.165, 1.54) is 0 Å². The molecule has 2 fully saturated rings. The molecule has 2 saturated heterocycles. The number of guanidine groups is 1. The summed E-state index contributed by atoms with van der Waals surface area (Å²) in [5, 5.41) is 9.64. The zero-order valence-electron chi connectivity index (χ0n) is 18.7. The number of hydrogen-bond donors (Lipinski definition) is 3. The van der Waals surface area contributed by atoms with E-state index in [1.54, 1.807) is 0 Å². The Morgan fingerprint density at radius 1 is 1.29 bits per heavy atom. The highest BCUT2D eigenvalue weighted by Gasteiger charge is 2.17. The van der Waals surface area contributed by atoms with E-state index in [9.17, 15) is 4.79 Å². The van der Waals surface area contributed by atoms with Crippen LogP contribution in [0.2, 0.25) is 0 Å². The summed E-state index contributed by atoms with van der Waals surface area (Å²) in [6.07, 6.45) is 4.21. The topological polar surface area (TPSA) is 87.2 Å². The number of nitrogens with one attached hydrogen (secondary N) is 3. The number of carbonyl (C=O) groups excluding carboxylic acids is 1. The van der Waals surface area contributed by atoms with E-state index in [2.05, 4.69) is 27.9 Å². The minimum atomic E-state index is -0.0177. The van der Waals surface area contributed by atoms with Crippen molar-refractivity contribution in [1.29, 1.82) is 0 Å². The second-order valence-electron chi connectivity index (χ2n) is 8.10. The van der Waals surface area contributed by atoms with E-state index < -0.39 is 0 Å². The number of likely N-dealkylation sites (tertiary alicyclic amines) is 1. The molecule has 172 valence electrons. The molecule has 1 atom stereocenters. The number of rotatable bonds is 10. The molecule has 2 amide bonds. The minimum Gasteiger partial charge on any atom is -0.381 e. The fourth-order valence-electron chi connectivity index (χ4n) is 3.73. The second-order valence-corrected chi connectivity index (χ2v) is 8.10. The van der Waals surface area contributed by atoms with E-state index in [4.69, 9.17) is 9.47 Å². The summed E-state index contributed by atoms with van der Waals surface area (Å²) >= 11 is 0. The molecule has 1 aromatic rings. The van der Waals surface area contributed by atoms with Gasteiger partial charge < -0.3 is 30.3 Å². The van der Waals surface area contributed by atoms with Crippen LogP contribution in [0.3, 0.4) is 0 Å². The third-order valence-electron chi connectivity index (χ3n) is 5.47. The van der Waals surface area contributed by atoms with E-state index in [-0.39, 0.29) is 6.03 Å². The average molecular weight is 432 g/mol. The van der Waals surface area contributed by atoms with Gasteiger partial charge in [-0.2, -0.15) is 0 Å². The standard InChI is InChI=1S/C23H37N5O3/c1-2-24-22(25-10-6-13-30-17-20-9-14-31-18-20)26-16-19-7-5-8-21(15-19)27-23(29)28-11-3-4-12-28/h5,7-8,15,20H,2-4,6,9-14,16-18H2,1H3,(H,27,29)(H2,24,25,26). The minimum absolute atomic E-state index is 0.0177. The average Bonchev–Trinajstić information content (AvgIpc) is 3.49.